The molecule has 125 valence electrons. The molecule has 3 aromatic carbocycles. The molecule has 0 saturated heterocycles. The van der Waals surface area contributed by atoms with Crippen LogP contribution in [0.2, 0.25) is 0 Å². The zero-order chi connectivity index (χ0) is 17.2. The monoisotopic (exact) mass is 347 g/mol. The summed E-state index contributed by atoms with van der Waals surface area (Å²) in [5.41, 5.74) is 4.45. The Balaban J connectivity index is 1.64. The Morgan fingerprint density at radius 2 is 1.60 bits per heavy atom. The fourth-order valence-electron chi connectivity index (χ4n) is 2.98. The summed E-state index contributed by atoms with van der Waals surface area (Å²) in [5.74, 6) is 1.43. The minimum absolute atomic E-state index is 0.676. The van der Waals surface area contributed by atoms with Gasteiger partial charge in [-0.05, 0) is 47.4 Å². The largest absolute Gasteiger partial charge is 0.456 e. The Hall–Kier alpha value is -2.49. The van der Waals surface area contributed by atoms with E-state index in [2.05, 4.69) is 37.3 Å². The second-order valence-corrected chi connectivity index (χ2v) is 7.41. The maximum atomic E-state index is 12.5. The first kappa shape index (κ1) is 16.0. The lowest BCUT2D eigenvalue weighted by Crippen LogP contribution is -1.93. The third-order valence-corrected chi connectivity index (χ3v) is 5.72. The van der Waals surface area contributed by atoms with E-state index in [1.54, 1.807) is 5.41 Å². The predicted molar refractivity (Wildman–Crippen MR) is 104 cm³/mol. The van der Waals surface area contributed by atoms with E-state index >= 15 is 0 Å². The summed E-state index contributed by atoms with van der Waals surface area (Å²) in [6, 6.07) is 24.2. The van der Waals surface area contributed by atoms with Crippen LogP contribution in [0.25, 0.3) is 16.9 Å². The molecule has 3 heteroatoms. The van der Waals surface area contributed by atoms with Gasteiger partial charge in [0.2, 0.25) is 0 Å². The molecule has 0 fully saturated rings. The van der Waals surface area contributed by atoms with Gasteiger partial charge in [-0.15, -0.1) is 0 Å². The highest BCUT2D eigenvalue weighted by Gasteiger charge is 2.23. The van der Waals surface area contributed by atoms with Gasteiger partial charge in [0.25, 0.3) is 0 Å². The quantitative estimate of drug-likeness (QED) is 0.575. The van der Waals surface area contributed by atoms with Crippen LogP contribution in [-0.4, -0.2) is 0 Å². The summed E-state index contributed by atoms with van der Waals surface area (Å²) < 4.78 is 18.5. The van der Waals surface area contributed by atoms with E-state index in [4.69, 9.17) is 4.74 Å². The molecule has 0 amide bonds. The number of rotatable bonds is 4. The molecule has 0 aliphatic carbocycles. The van der Waals surface area contributed by atoms with Crippen molar-refractivity contribution in [3.05, 3.63) is 89.3 Å². The van der Waals surface area contributed by atoms with Crippen LogP contribution in [0.1, 0.15) is 18.1 Å². The second-order valence-electron chi connectivity index (χ2n) is 6.02. The topological polar surface area (TPSA) is 29.1 Å². The van der Waals surface area contributed by atoms with Crippen LogP contribution in [0.3, 0.4) is 0 Å². The van der Waals surface area contributed by atoms with E-state index in [0.29, 0.717) is 5.76 Å². The molecule has 1 aliphatic rings. The smallest absolute Gasteiger partial charge is 0.142 e. The molecule has 1 heterocycles. The number of hydrogen-bond donors (Lipinski definition) is 1. The van der Waals surface area contributed by atoms with Crippen LogP contribution >= 0.6 is 11.2 Å². The fourth-order valence-corrected chi connectivity index (χ4v) is 4.21. The Morgan fingerprint density at radius 1 is 0.880 bits per heavy atom. The van der Waals surface area contributed by atoms with Gasteiger partial charge < -0.3 is 4.74 Å². The maximum absolute atomic E-state index is 12.5. The fraction of sp³-hybridized carbons (Fsp3) is 0.0909. The minimum atomic E-state index is -1.57. The third-order valence-electron chi connectivity index (χ3n) is 4.40. The van der Waals surface area contributed by atoms with Gasteiger partial charge in [-0.3, -0.25) is 0 Å². The summed E-state index contributed by atoms with van der Waals surface area (Å²) in [7, 11) is 0. The van der Waals surface area contributed by atoms with Crippen molar-refractivity contribution in [2.75, 3.05) is 0 Å². The summed E-state index contributed by atoms with van der Waals surface area (Å²) in [6.07, 6.45) is 1.03. The second kappa shape index (κ2) is 6.79. The first-order valence-corrected chi connectivity index (χ1v) is 9.72. The SMILES string of the molecule is CCc1ccc(-c2ccc3c(c2)[SH]([O])C=C3Oc2ccccc2)cc1. The van der Waals surface area contributed by atoms with E-state index in [1.807, 2.05) is 42.5 Å². The minimum Gasteiger partial charge on any atom is -0.456 e. The predicted octanol–water partition coefficient (Wildman–Crippen LogP) is 6.01. The Morgan fingerprint density at radius 3 is 2.32 bits per heavy atom. The Bertz CT molecular complexity index is 915. The van der Waals surface area contributed by atoms with Crippen molar-refractivity contribution in [3.8, 4) is 16.9 Å². The molecule has 25 heavy (non-hydrogen) atoms. The number of aryl methyl sites for hydroxylation is 1. The van der Waals surface area contributed by atoms with Crippen molar-refractivity contribution < 1.29 is 9.29 Å². The molecule has 1 atom stereocenters. The van der Waals surface area contributed by atoms with E-state index in [1.165, 1.54) is 5.56 Å². The first-order valence-electron chi connectivity index (χ1n) is 8.39. The van der Waals surface area contributed by atoms with Gasteiger partial charge in [0.15, 0.2) is 0 Å². The van der Waals surface area contributed by atoms with Crippen LogP contribution in [-0.2, 0) is 11.0 Å². The zero-order valence-electron chi connectivity index (χ0n) is 14.0. The Kier molecular flexibility index (Phi) is 4.35. The van der Waals surface area contributed by atoms with Gasteiger partial charge >= 0.3 is 0 Å². The lowest BCUT2D eigenvalue weighted by Gasteiger charge is -2.10. The van der Waals surface area contributed by atoms with Crippen molar-refractivity contribution in [1.29, 1.82) is 0 Å². The van der Waals surface area contributed by atoms with E-state index in [-0.39, 0.29) is 0 Å². The molecular formula is C22H19O2S. The summed E-state index contributed by atoms with van der Waals surface area (Å²) >= 11 is -1.57. The standard InChI is InChI=1S/C22H19O2S/c1-2-16-8-10-17(11-9-16)18-12-13-20-21(15-25(23)22(20)14-18)24-19-6-4-3-5-7-19/h3-15,25H,2H2,1H3. The van der Waals surface area contributed by atoms with Crippen molar-refractivity contribution in [2.24, 2.45) is 0 Å². The number of hydrogen-bond acceptors (Lipinski definition) is 1. The lowest BCUT2D eigenvalue weighted by molar-refractivity contribution is 0.515. The number of para-hydroxylation sites is 1. The van der Waals surface area contributed by atoms with Gasteiger partial charge in [-0.1, -0.05) is 66.6 Å². The molecule has 1 unspecified atom stereocenters. The van der Waals surface area contributed by atoms with Crippen LogP contribution in [0.5, 0.6) is 5.75 Å². The van der Waals surface area contributed by atoms with E-state index in [9.17, 15) is 4.55 Å². The van der Waals surface area contributed by atoms with Crippen LogP contribution in [0, 0.1) is 0 Å². The number of benzene rings is 3. The van der Waals surface area contributed by atoms with Gasteiger partial charge in [0.1, 0.15) is 11.5 Å². The van der Waals surface area contributed by atoms with Crippen LogP contribution < -0.4 is 4.74 Å². The number of ether oxygens (including phenoxy) is 1. The van der Waals surface area contributed by atoms with Gasteiger partial charge in [-0.2, -0.15) is 4.55 Å². The van der Waals surface area contributed by atoms with Crippen molar-refractivity contribution >= 4 is 16.9 Å². The van der Waals surface area contributed by atoms with E-state index in [0.717, 1.165) is 33.8 Å². The first-order chi connectivity index (χ1) is 12.2. The highest BCUT2D eigenvalue weighted by molar-refractivity contribution is 8.15. The van der Waals surface area contributed by atoms with Crippen molar-refractivity contribution in [3.63, 3.8) is 0 Å². The molecule has 4 rings (SSSR count). The molecule has 1 radical (unpaired) electrons. The molecule has 0 bridgehead atoms. The molecule has 2 nitrogen and oxygen atoms in total. The molecule has 3 aromatic rings. The van der Waals surface area contributed by atoms with Crippen molar-refractivity contribution in [2.45, 2.75) is 18.2 Å². The summed E-state index contributed by atoms with van der Waals surface area (Å²) in [5, 5.41) is 1.72. The zero-order valence-corrected chi connectivity index (χ0v) is 14.9. The number of fused-ring (bicyclic) bond motifs is 1. The summed E-state index contributed by atoms with van der Waals surface area (Å²) in [6.45, 7) is 2.15. The van der Waals surface area contributed by atoms with Crippen molar-refractivity contribution in [1.82, 2.24) is 0 Å². The number of thiol groups is 1. The summed E-state index contributed by atoms with van der Waals surface area (Å²) in [4.78, 5) is 0.845. The van der Waals surface area contributed by atoms with Gasteiger partial charge in [-0.25, -0.2) is 0 Å². The normalized spacial score (nSPS) is 17.0. The lowest BCUT2D eigenvalue weighted by atomic mass is 10.0. The highest BCUT2D eigenvalue weighted by atomic mass is 32.2. The highest BCUT2D eigenvalue weighted by Crippen LogP contribution is 2.49. The Labute approximate surface area is 151 Å². The van der Waals surface area contributed by atoms with Gasteiger partial charge in [0, 0.05) is 15.9 Å². The molecule has 0 N–H and O–H groups in total. The molecule has 1 aliphatic heterocycles. The average molecular weight is 347 g/mol. The molecule has 0 spiro atoms. The van der Waals surface area contributed by atoms with E-state index < -0.39 is 11.2 Å². The molecule has 0 aromatic heterocycles. The maximum Gasteiger partial charge on any atom is 0.142 e. The molecule has 0 saturated carbocycles. The van der Waals surface area contributed by atoms with Gasteiger partial charge in [0.05, 0.1) is 0 Å². The van der Waals surface area contributed by atoms with Crippen LogP contribution in [0.4, 0.5) is 0 Å². The average Bonchev–Trinajstić information content (AvgIpc) is 2.98. The van der Waals surface area contributed by atoms with Crippen LogP contribution in [0.15, 0.2) is 83.1 Å². The third kappa shape index (κ3) is 3.21. The molecular weight excluding hydrogens is 328 g/mol.